The maximum atomic E-state index is 12.3. The van der Waals surface area contributed by atoms with Crippen molar-refractivity contribution in [1.82, 2.24) is 15.0 Å². The number of benzene rings is 1. The van der Waals surface area contributed by atoms with Gasteiger partial charge in [-0.1, -0.05) is 0 Å². The number of nitrogens with one attached hydrogen (secondary N) is 2. The zero-order valence-electron chi connectivity index (χ0n) is 22.4. The van der Waals surface area contributed by atoms with Gasteiger partial charge in [-0.05, 0) is 64.7 Å². The van der Waals surface area contributed by atoms with Gasteiger partial charge in [-0.15, -0.1) is 0 Å². The van der Waals surface area contributed by atoms with E-state index in [-0.39, 0.29) is 29.8 Å². The molecule has 1 aromatic carbocycles. The van der Waals surface area contributed by atoms with E-state index in [1.807, 2.05) is 45.0 Å². The first-order valence-electron chi connectivity index (χ1n) is 13.2. The Hall–Kier alpha value is -4.21. The summed E-state index contributed by atoms with van der Waals surface area (Å²) in [6.45, 7) is 5.61. The fourth-order valence-electron chi connectivity index (χ4n) is 4.67. The van der Waals surface area contributed by atoms with Crippen LogP contribution in [0.15, 0.2) is 41.1 Å². The molecule has 2 aliphatic rings. The Morgan fingerprint density at radius 2 is 1.82 bits per heavy atom. The van der Waals surface area contributed by atoms with Crippen LogP contribution >= 0.6 is 0 Å². The highest BCUT2D eigenvalue weighted by Gasteiger charge is 2.38. The van der Waals surface area contributed by atoms with Gasteiger partial charge in [0.25, 0.3) is 0 Å². The van der Waals surface area contributed by atoms with Gasteiger partial charge in [0.1, 0.15) is 34.6 Å². The van der Waals surface area contributed by atoms with Gasteiger partial charge in [-0.25, -0.2) is 15.0 Å². The van der Waals surface area contributed by atoms with E-state index in [4.69, 9.17) is 18.9 Å². The minimum Gasteiger partial charge on any atom is -0.490 e. The van der Waals surface area contributed by atoms with Crippen molar-refractivity contribution in [2.75, 3.05) is 17.7 Å². The standard InChI is InChI=1S/C29H31N5O5/c1-29(2,3)39-28(36)16-9-18(10-16)37-17-7-8-23-22(11-17)33-27(38-23)21-14-32-25(30-4)20-13-31-24(12-19(20)21)34-26(35)15-5-6-15/h7-8,11-16,18H,5-6,9-10H2,1-4H3,(H,30,32)(H,31,34,35). The molecule has 2 N–H and O–H groups in total. The first kappa shape index (κ1) is 25.1. The molecule has 6 rings (SSSR count). The molecule has 0 aliphatic heterocycles. The lowest BCUT2D eigenvalue weighted by atomic mass is 9.82. The molecule has 3 heterocycles. The van der Waals surface area contributed by atoms with Crippen molar-refractivity contribution >= 4 is 45.4 Å². The molecule has 39 heavy (non-hydrogen) atoms. The zero-order valence-corrected chi connectivity index (χ0v) is 22.4. The van der Waals surface area contributed by atoms with Gasteiger partial charge < -0.3 is 24.5 Å². The quantitative estimate of drug-likeness (QED) is 0.305. The first-order valence-corrected chi connectivity index (χ1v) is 13.2. The summed E-state index contributed by atoms with van der Waals surface area (Å²) >= 11 is 0. The summed E-state index contributed by atoms with van der Waals surface area (Å²) in [6, 6.07) is 7.33. The minimum absolute atomic E-state index is 0.00966. The largest absolute Gasteiger partial charge is 0.490 e. The smallest absolute Gasteiger partial charge is 0.309 e. The molecule has 2 fully saturated rings. The summed E-state index contributed by atoms with van der Waals surface area (Å²) in [5, 5.41) is 7.59. The van der Waals surface area contributed by atoms with E-state index in [9.17, 15) is 9.59 Å². The third kappa shape index (κ3) is 5.23. The highest BCUT2D eigenvalue weighted by atomic mass is 16.6. The number of anilines is 2. The predicted molar refractivity (Wildman–Crippen MR) is 146 cm³/mol. The highest BCUT2D eigenvalue weighted by molar-refractivity contribution is 6.03. The number of hydrogen-bond donors (Lipinski definition) is 2. The summed E-state index contributed by atoms with van der Waals surface area (Å²) < 4.78 is 17.7. The topological polar surface area (TPSA) is 128 Å². The highest BCUT2D eigenvalue weighted by Crippen LogP contribution is 2.37. The number of carbonyl (C=O) groups excluding carboxylic acids is 2. The fourth-order valence-corrected chi connectivity index (χ4v) is 4.67. The van der Waals surface area contributed by atoms with Crippen molar-refractivity contribution < 1.29 is 23.5 Å². The van der Waals surface area contributed by atoms with Crippen LogP contribution in [0.5, 0.6) is 5.75 Å². The van der Waals surface area contributed by atoms with Crippen LogP contribution in [-0.4, -0.2) is 45.6 Å². The third-order valence-corrected chi connectivity index (χ3v) is 6.94. The van der Waals surface area contributed by atoms with Gasteiger partial charge in [0.2, 0.25) is 11.8 Å². The van der Waals surface area contributed by atoms with Crippen LogP contribution in [0.1, 0.15) is 46.5 Å². The maximum Gasteiger partial charge on any atom is 0.309 e. The molecule has 0 atom stereocenters. The lowest BCUT2D eigenvalue weighted by Gasteiger charge is -2.35. The van der Waals surface area contributed by atoms with Gasteiger partial charge in [0.15, 0.2) is 5.58 Å². The Labute approximate surface area is 225 Å². The Bertz CT molecular complexity index is 1580. The fraction of sp³-hybridized carbons (Fsp3) is 0.414. The summed E-state index contributed by atoms with van der Waals surface area (Å²) in [7, 11) is 1.79. The molecule has 10 heteroatoms. The number of oxazole rings is 1. The number of hydrogen-bond acceptors (Lipinski definition) is 9. The van der Waals surface area contributed by atoms with E-state index in [0.717, 1.165) is 23.6 Å². The molecule has 202 valence electrons. The van der Waals surface area contributed by atoms with Gasteiger partial charge in [-0.2, -0.15) is 0 Å². The van der Waals surface area contributed by atoms with E-state index in [1.165, 1.54) is 0 Å². The van der Waals surface area contributed by atoms with Crippen LogP contribution < -0.4 is 15.4 Å². The molecule has 0 saturated heterocycles. The summed E-state index contributed by atoms with van der Waals surface area (Å²) in [6.07, 6.45) is 6.42. The molecule has 0 unspecified atom stereocenters. The average Bonchev–Trinajstić information content (AvgIpc) is 3.63. The third-order valence-electron chi connectivity index (χ3n) is 6.94. The molecule has 2 aliphatic carbocycles. The molecule has 10 nitrogen and oxygen atoms in total. The Morgan fingerprint density at radius 1 is 1.03 bits per heavy atom. The van der Waals surface area contributed by atoms with Crippen LogP contribution in [0.3, 0.4) is 0 Å². The number of rotatable bonds is 7. The maximum absolute atomic E-state index is 12.3. The van der Waals surface area contributed by atoms with Crippen molar-refractivity contribution in [3.8, 4) is 17.2 Å². The SMILES string of the molecule is CNc1ncc(-c2nc3cc(OC4CC(C(=O)OC(C)(C)C)C4)ccc3o2)c2cc(NC(=O)C3CC3)ncc12. The number of amides is 1. The lowest BCUT2D eigenvalue weighted by Crippen LogP contribution is -2.41. The summed E-state index contributed by atoms with van der Waals surface area (Å²) in [5.41, 5.74) is 1.45. The van der Waals surface area contributed by atoms with Gasteiger partial charge >= 0.3 is 5.97 Å². The van der Waals surface area contributed by atoms with Crippen LogP contribution in [0.25, 0.3) is 33.3 Å². The normalized spacial score (nSPS) is 19.0. The van der Waals surface area contributed by atoms with Gasteiger partial charge in [0, 0.05) is 42.2 Å². The number of nitrogens with zero attached hydrogens (tertiary/aromatic N) is 3. The lowest BCUT2D eigenvalue weighted by molar-refractivity contribution is -0.166. The monoisotopic (exact) mass is 529 g/mol. The van der Waals surface area contributed by atoms with E-state index in [0.29, 0.717) is 52.8 Å². The molecule has 0 bridgehead atoms. The van der Waals surface area contributed by atoms with E-state index >= 15 is 0 Å². The molecular formula is C29H31N5O5. The summed E-state index contributed by atoms with van der Waals surface area (Å²) in [4.78, 5) is 38.2. The molecule has 0 spiro atoms. The van der Waals surface area contributed by atoms with Crippen molar-refractivity contribution in [2.24, 2.45) is 11.8 Å². The van der Waals surface area contributed by atoms with Crippen LogP contribution in [-0.2, 0) is 14.3 Å². The molecule has 3 aromatic heterocycles. The number of pyridine rings is 2. The van der Waals surface area contributed by atoms with E-state index < -0.39 is 5.60 Å². The second-order valence-electron chi connectivity index (χ2n) is 11.2. The molecule has 4 aromatic rings. The Balaban J connectivity index is 1.23. The first-order chi connectivity index (χ1) is 18.7. The number of aromatic nitrogens is 3. The minimum atomic E-state index is -0.491. The van der Waals surface area contributed by atoms with Crippen molar-refractivity contribution in [3.05, 3.63) is 36.7 Å². The second-order valence-corrected chi connectivity index (χ2v) is 11.2. The Kier molecular flexibility index (Phi) is 6.12. The van der Waals surface area contributed by atoms with Crippen LogP contribution in [0.4, 0.5) is 11.6 Å². The summed E-state index contributed by atoms with van der Waals surface area (Å²) in [5.74, 6) is 1.97. The molecular weight excluding hydrogens is 498 g/mol. The molecule has 1 amide bonds. The molecule has 2 saturated carbocycles. The number of ether oxygens (including phenoxy) is 2. The van der Waals surface area contributed by atoms with Crippen molar-refractivity contribution in [3.63, 3.8) is 0 Å². The van der Waals surface area contributed by atoms with Gasteiger partial charge in [-0.3, -0.25) is 9.59 Å². The van der Waals surface area contributed by atoms with Crippen molar-refractivity contribution in [1.29, 1.82) is 0 Å². The predicted octanol–water partition coefficient (Wildman–Crippen LogP) is 5.33. The van der Waals surface area contributed by atoms with Crippen molar-refractivity contribution in [2.45, 2.75) is 58.2 Å². The second kappa shape index (κ2) is 9.52. The average molecular weight is 530 g/mol. The molecule has 0 radical (unpaired) electrons. The van der Waals surface area contributed by atoms with Gasteiger partial charge in [0.05, 0.1) is 11.5 Å². The van der Waals surface area contributed by atoms with Crippen LogP contribution in [0, 0.1) is 11.8 Å². The number of carbonyl (C=O) groups is 2. The van der Waals surface area contributed by atoms with E-state index in [1.54, 1.807) is 19.4 Å². The van der Waals surface area contributed by atoms with Crippen LogP contribution in [0.2, 0.25) is 0 Å². The van der Waals surface area contributed by atoms with E-state index in [2.05, 4.69) is 20.6 Å². The zero-order chi connectivity index (χ0) is 27.3. The Morgan fingerprint density at radius 3 is 2.54 bits per heavy atom. The number of esters is 1. The number of fused-ring (bicyclic) bond motifs is 2.